The number of carbonyl (C=O) groups excluding carboxylic acids is 1. The molecule has 0 aliphatic carbocycles. The summed E-state index contributed by atoms with van der Waals surface area (Å²) in [5.41, 5.74) is 0.383. The van der Waals surface area contributed by atoms with Crippen molar-refractivity contribution in [3.8, 4) is 0 Å². The molecule has 0 amide bonds. The van der Waals surface area contributed by atoms with Gasteiger partial charge in [-0.2, -0.15) is 0 Å². The molecule has 3 nitrogen and oxygen atoms in total. The zero-order valence-corrected chi connectivity index (χ0v) is 10.7. The summed E-state index contributed by atoms with van der Waals surface area (Å²) >= 11 is 5.66. The number of ketones is 1. The Morgan fingerprint density at radius 3 is 3.06 bits per heavy atom. The Bertz CT molecular complexity index is 433. The molecule has 98 valence electrons. The number of hydrogen-bond acceptors (Lipinski definition) is 3. The van der Waals surface area contributed by atoms with Crippen LogP contribution in [0.15, 0.2) is 18.2 Å². The normalized spacial score (nSPS) is 19.8. The number of benzene rings is 1. The highest BCUT2D eigenvalue weighted by molar-refractivity contribution is 6.30. The van der Waals surface area contributed by atoms with Crippen molar-refractivity contribution in [1.29, 1.82) is 0 Å². The molecule has 0 saturated carbocycles. The highest BCUT2D eigenvalue weighted by Crippen LogP contribution is 2.16. The number of nitrogens with one attached hydrogen (secondary N) is 1. The third-order valence-corrected chi connectivity index (χ3v) is 3.10. The SMILES string of the molecule is O=C(Cc1ccc(Cl)cc1F)CC1CNCCO1. The minimum Gasteiger partial charge on any atom is -0.375 e. The van der Waals surface area contributed by atoms with E-state index in [-0.39, 0.29) is 18.3 Å². The highest BCUT2D eigenvalue weighted by Gasteiger charge is 2.18. The van der Waals surface area contributed by atoms with Crippen molar-refractivity contribution in [1.82, 2.24) is 5.32 Å². The Morgan fingerprint density at radius 1 is 1.56 bits per heavy atom. The van der Waals surface area contributed by atoms with Gasteiger partial charge in [-0.1, -0.05) is 17.7 Å². The molecule has 1 atom stereocenters. The molecule has 1 unspecified atom stereocenters. The molecule has 1 aliphatic rings. The lowest BCUT2D eigenvalue weighted by Crippen LogP contribution is -2.39. The summed E-state index contributed by atoms with van der Waals surface area (Å²) in [6, 6.07) is 4.37. The van der Waals surface area contributed by atoms with E-state index in [4.69, 9.17) is 16.3 Å². The molecule has 2 rings (SSSR count). The van der Waals surface area contributed by atoms with Crippen LogP contribution >= 0.6 is 11.6 Å². The number of hydrogen-bond donors (Lipinski definition) is 1. The van der Waals surface area contributed by atoms with Crippen LogP contribution in [-0.2, 0) is 16.0 Å². The molecule has 1 N–H and O–H groups in total. The number of ether oxygens (including phenoxy) is 1. The lowest BCUT2D eigenvalue weighted by molar-refractivity contribution is -0.121. The monoisotopic (exact) mass is 271 g/mol. The van der Waals surface area contributed by atoms with Gasteiger partial charge in [0.2, 0.25) is 0 Å². The molecular weight excluding hydrogens is 257 g/mol. The number of morpholine rings is 1. The Balaban J connectivity index is 1.90. The number of halogens is 2. The Kier molecular flexibility index (Phi) is 4.69. The molecule has 0 aromatic heterocycles. The van der Waals surface area contributed by atoms with Crippen LogP contribution in [0.4, 0.5) is 4.39 Å². The minimum absolute atomic E-state index is 0.0232. The van der Waals surface area contributed by atoms with E-state index in [2.05, 4.69) is 5.32 Å². The summed E-state index contributed by atoms with van der Waals surface area (Å²) in [4.78, 5) is 11.8. The maximum atomic E-state index is 13.5. The molecule has 0 spiro atoms. The van der Waals surface area contributed by atoms with Crippen molar-refractivity contribution in [2.24, 2.45) is 0 Å². The quantitative estimate of drug-likeness (QED) is 0.910. The maximum Gasteiger partial charge on any atom is 0.140 e. The number of carbonyl (C=O) groups is 1. The second-order valence-electron chi connectivity index (χ2n) is 4.35. The molecule has 1 aromatic rings. The van der Waals surface area contributed by atoms with Crippen LogP contribution < -0.4 is 5.32 Å². The van der Waals surface area contributed by atoms with Gasteiger partial charge in [-0.3, -0.25) is 4.79 Å². The zero-order valence-electron chi connectivity index (χ0n) is 9.92. The fourth-order valence-corrected chi connectivity index (χ4v) is 2.11. The largest absolute Gasteiger partial charge is 0.375 e. The molecule has 0 bridgehead atoms. The van der Waals surface area contributed by atoms with Crippen molar-refractivity contribution in [3.05, 3.63) is 34.6 Å². The van der Waals surface area contributed by atoms with Crippen LogP contribution in [0.1, 0.15) is 12.0 Å². The first-order valence-electron chi connectivity index (χ1n) is 5.93. The van der Waals surface area contributed by atoms with Gasteiger partial charge in [0.05, 0.1) is 12.7 Å². The van der Waals surface area contributed by atoms with E-state index in [1.165, 1.54) is 6.07 Å². The van der Waals surface area contributed by atoms with E-state index in [0.29, 0.717) is 30.2 Å². The lowest BCUT2D eigenvalue weighted by Gasteiger charge is -2.22. The average molecular weight is 272 g/mol. The van der Waals surface area contributed by atoms with Crippen LogP contribution in [0.5, 0.6) is 0 Å². The molecule has 0 radical (unpaired) electrons. The van der Waals surface area contributed by atoms with Gasteiger partial charge in [0.1, 0.15) is 11.6 Å². The predicted octanol–water partition coefficient (Wildman–Crippen LogP) is 1.97. The van der Waals surface area contributed by atoms with Crippen molar-refractivity contribution < 1.29 is 13.9 Å². The molecule has 18 heavy (non-hydrogen) atoms. The summed E-state index contributed by atoms with van der Waals surface area (Å²) in [7, 11) is 0. The van der Waals surface area contributed by atoms with Crippen molar-refractivity contribution >= 4 is 17.4 Å². The summed E-state index contributed by atoms with van der Waals surface area (Å²) in [6.07, 6.45) is 0.305. The second kappa shape index (κ2) is 6.27. The molecular formula is C13H15ClFNO2. The average Bonchev–Trinajstić information content (AvgIpc) is 2.34. The smallest absolute Gasteiger partial charge is 0.140 e. The van der Waals surface area contributed by atoms with Crippen LogP contribution in [0.3, 0.4) is 0 Å². The summed E-state index contributed by atoms with van der Waals surface area (Å²) < 4.78 is 18.9. The van der Waals surface area contributed by atoms with Gasteiger partial charge < -0.3 is 10.1 Å². The zero-order chi connectivity index (χ0) is 13.0. The van der Waals surface area contributed by atoms with Crippen molar-refractivity contribution in [3.63, 3.8) is 0 Å². The Morgan fingerprint density at radius 2 is 2.39 bits per heavy atom. The summed E-state index contributed by atoms with van der Waals surface area (Å²) in [6.45, 7) is 2.11. The lowest BCUT2D eigenvalue weighted by atomic mass is 10.0. The predicted molar refractivity (Wildman–Crippen MR) is 67.3 cm³/mol. The molecule has 1 saturated heterocycles. The Hall–Kier alpha value is -0.970. The molecule has 5 heteroatoms. The van der Waals surface area contributed by atoms with E-state index < -0.39 is 5.82 Å². The maximum absolute atomic E-state index is 13.5. The fourth-order valence-electron chi connectivity index (χ4n) is 1.95. The van der Waals surface area contributed by atoms with Gasteiger partial charge in [0.15, 0.2) is 0 Å². The highest BCUT2D eigenvalue weighted by atomic mass is 35.5. The van der Waals surface area contributed by atoms with Crippen molar-refractivity contribution in [2.75, 3.05) is 19.7 Å². The fraction of sp³-hybridized carbons (Fsp3) is 0.462. The van der Waals surface area contributed by atoms with Crippen LogP contribution in [0.25, 0.3) is 0 Å². The van der Waals surface area contributed by atoms with Gasteiger partial charge in [0, 0.05) is 31.0 Å². The first-order chi connectivity index (χ1) is 8.65. The van der Waals surface area contributed by atoms with E-state index in [9.17, 15) is 9.18 Å². The van der Waals surface area contributed by atoms with E-state index in [1.807, 2.05) is 0 Å². The van der Waals surface area contributed by atoms with Crippen LogP contribution in [0.2, 0.25) is 5.02 Å². The first-order valence-corrected chi connectivity index (χ1v) is 6.31. The van der Waals surface area contributed by atoms with Gasteiger partial charge in [-0.15, -0.1) is 0 Å². The third kappa shape index (κ3) is 3.77. The van der Waals surface area contributed by atoms with Gasteiger partial charge >= 0.3 is 0 Å². The standard InChI is InChI=1S/C13H15ClFNO2/c14-10-2-1-9(13(15)6-10)5-11(17)7-12-8-16-3-4-18-12/h1-2,6,12,16H,3-5,7-8H2. The minimum atomic E-state index is -0.432. The second-order valence-corrected chi connectivity index (χ2v) is 4.79. The summed E-state index contributed by atoms with van der Waals surface area (Å²) in [5, 5.41) is 3.49. The Labute approximate surface area is 110 Å². The first kappa shape index (κ1) is 13.5. The number of Topliss-reactive ketones (excluding diaryl/α,β-unsaturated/α-hetero) is 1. The topological polar surface area (TPSA) is 38.3 Å². The molecule has 1 fully saturated rings. The third-order valence-electron chi connectivity index (χ3n) is 2.86. The van der Waals surface area contributed by atoms with Crippen molar-refractivity contribution in [2.45, 2.75) is 18.9 Å². The van der Waals surface area contributed by atoms with Gasteiger partial charge in [-0.05, 0) is 17.7 Å². The van der Waals surface area contributed by atoms with E-state index in [1.54, 1.807) is 12.1 Å². The van der Waals surface area contributed by atoms with E-state index >= 15 is 0 Å². The molecule has 1 heterocycles. The van der Waals surface area contributed by atoms with Crippen LogP contribution in [-0.4, -0.2) is 31.6 Å². The summed E-state index contributed by atoms with van der Waals surface area (Å²) in [5.74, 6) is -0.455. The van der Waals surface area contributed by atoms with Crippen LogP contribution in [0, 0.1) is 5.82 Å². The van der Waals surface area contributed by atoms with Gasteiger partial charge in [0.25, 0.3) is 0 Å². The van der Waals surface area contributed by atoms with E-state index in [0.717, 1.165) is 6.54 Å². The number of rotatable bonds is 4. The molecule has 1 aliphatic heterocycles. The molecule has 1 aromatic carbocycles. The van der Waals surface area contributed by atoms with Gasteiger partial charge in [-0.25, -0.2) is 4.39 Å².